The van der Waals surface area contributed by atoms with E-state index in [0.29, 0.717) is 22.4 Å². The number of aliphatic hydroxyl groups is 1. The Hall–Kier alpha value is -1.81. The first-order chi connectivity index (χ1) is 8.04. The Kier molecular flexibility index (Phi) is 2.90. The summed E-state index contributed by atoms with van der Waals surface area (Å²) in [5.41, 5.74) is 1.51. The molecule has 1 atom stereocenters. The van der Waals surface area contributed by atoms with Gasteiger partial charge in [0.15, 0.2) is 5.78 Å². The van der Waals surface area contributed by atoms with E-state index >= 15 is 0 Å². The Bertz CT molecular complexity index is 502. The van der Waals surface area contributed by atoms with Crippen molar-refractivity contribution < 1.29 is 19.7 Å². The van der Waals surface area contributed by atoms with Crippen LogP contribution in [0.25, 0.3) is 6.08 Å². The maximum Gasteiger partial charge on any atom is 0.155 e. The zero-order valence-corrected chi connectivity index (χ0v) is 9.73. The maximum absolute atomic E-state index is 11.3. The molecule has 4 nitrogen and oxygen atoms in total. The van der Waals surface area contributed by atoms with Gasteiger partial charge < -0.3 is 14.9 Å². The van der Waals surface area contributed by atoms with E-state index < -0.39 is 6.10 Å². The number of ether oxygens (including phenoxy) is 1. The van der Waals surface area contributed by atoms with Crippen molar-refractivity contribution in [2.75, 3.05) is 7.11 Å². The molecule has 0 aromatic heterocycles. The average molecular weight is 234 g/mol. The average Bonchev–Trinajstić information content (AvgIpc) is 2.30. The third-order valence-corrected chi connectivity index (χ3v) is 2.96. The molecule has 1 aliphatic carbocycles. The van der Waals surface area contributed by atoms with Crippen molar-refractivity contribution in [1.29, 1.82) is 0 Å². The molecule has 0 fully saturated rings. The molecule has 0 aliphatic heterocycles. The molecule has 2 N–H and O–H groups in total. The Morgan fingerprint density at radius 3 is 2.76 bits per heavy atom. The number of fused-ring (bicyclic) bond motifs is 1. The second-order valence-corrected chi connectivity index (χ2v) is 4.06. The van der Waals surface area contributed by atoms with E-state index in [1.165, 1.54) is 20.1 Å². The Morgan fingerprint density at radius 2 is 2.18 bits per heavy atom. The largest absolute Gasteiger partial charge is 0.507 e. The minimum absolute atomic E-state index is 0.0401. The van der Waals surface area contributed by atoms with E-state index in [1.54, 1.807) is 12.1 Å². The topological polar surface area (TPSA) is 66.8 Å². The molecule has 90 valence electrons. The summed E-state index contributed by atoms with van der Waals surface area (Å²) in [5.74, 6) is 0.458. The van der Waals surface area contributed by atoms with Gasteiger partial charge in [-0.3, -0.25) is 4.79 Å². The number of ketones is 1. The van der Waals surface area contributed by atoms with Crippen LogP contribution in [0.5, 0.6) is 11.5 Å². The van der Waals surface area contributed by atoms with Crippen molar-refractivity contribution >= 4 is 11.9 Å². The number of methoxy groups -OCH3 is 1. The van der Waals surface area contributed by atoms with Gasteiger partial charge in [0.05, 0.1) is 13.2 Å². The summed E-state index contributed by atoms with van der Waals surface area (Å²) < 4.78 is 5.15. The molecule has 0 bridgehead atoms. The number of benzene rings is 1. The molecule has 0 radical (unpaired) electrons. The molecule has 0 saturated heterocycles. The van der Waals surface area contributed by atoms with Crippen LogP contribution in [0.1, 0.15) is 30.6 Å². The van der Waals surface area contributed by atoms with Crippen LogP contribution in [0, 0.1) is 0 Å². The first kappa shape index (κ1) is 11.7. The van der Waals surface area contributed by atoms with Crippen LogP contribution < -0.4 is 4.74 Å². The molecule has 1 unspecified atom stereocenters. The number of aliphatic hydroxyl groups excluding tert-OH is 1. The molecule has 17 heavy (non-hydrogen) atoms. The van der Waals surface area contributed by atoms with Crippen LogP contribution in [0.2, 0.25) is 0 Å². The first-order valence-corrected chi connectivity index (χ1v) is 5.34. The number of carbonyl (C=O) groups excluding carboxylic acids is 1. The SMILES string of the molecule is COc1ccc(O)c2c1C(O)CC(C(C)=O)=C2. The molecular formula is C13H14O4. The Balaban J connectivity index is 2.65. The minimum atomic E-state index is -0.823. The summed E-state index contributed by atoms with van der Waals surface area (Å²) in [6.45, 7) is 1.45. The van der Waals surface area contributed by atoms with Gasteiger partial charge in [-0.05, 0) is 30.7 Å². The monoisotopic (exact) mass is 234 g/mol. The zero-order valence-electron chi connectivity index (χ0n) is 9.73. The second-order valence-electron chi connectivity index (χ2n) is 4.06. The number of hydrogen-bond donors (Lipinski definition) is 2. The maximum atomic E-state index is 11.3. The van der Waals surface area contributed by atoms with Gasteiger partial charge in [-0.15, -0.1) is 0 Å². The van der Waals surface area contributed by atoms with Crippen LogP contribution in [-0.4, -0.2) is 23.1 Å². The Morgan fingerprint density at radius 1 is 1.47 bits per heavy atom. The summed E-state index contributed by atoms with van der Waals surface area (Å²) in [6, 6.07) is 3.09. The van der Waals surface area contributed by atoms with Gasteiger partial charge in [0, 0.05) is 17.5 Å². The summed E-state index contributed by atoms with van der Waals surface area (Å²) in [5, 5.41) is 19.8. The highest BCUT2D eigenvalue weighted by atomic mass is 16.5. The lowest BCUT2D eigenvalue weighted by atomic mass is 9.87. The van der Waals surface area contributed by atoms with Crippen LogP contribution in [0.15, 0.2) is 17.7 Å². The predicted molar refractivity (Wildman–Crippen MR) is 62.9 cm³/mol. The van der Waals surface area contributed by atoms with E-state index in [0.717, 1.165) is 0 Å². The number of rotatable bonds is 2. The van der Waals surface area contributed by atoms with Crippen molar-refractivity contribution in [3.05, 3.63) is 28.8 Å². The standard InChI is InChI=1S/C13H14O4/c1-7(14)8-5-9-10(15)3-4-12(17-2)13(9)11(16)6-8/h3-5,11,15-16H,6H2,1-2H3. The molecule has 2 rings (SSSR count). The molecule has 0 amide bonds. The van der Waals surface area contributed by atoms with Crippen LogP contribution in [0.3, 0.4) is 0 Å². The van der Waals surface area contributed by atoms with Gasteiger partial charge in [-0.1, -0.05) is 0 Å². The van der Waals surface area contributed by atoms with Crippen LogP contribution in [0.4, 0.5) is 0 Å². The van der Waals surface area contributed by atoms with Gasteiger partial charge in [-0.25, -0.2) is 0 Å². The van der Waals surface area contributed by atoms with Gasteiger partial charge in [-0.2, -0.15) is 0 Å². The van der Waals surface area contributed by atoms with Gasteiger partial charge in [0.25, 0.3) is 0 Å². The third kappa shape index (κ3) is 1.91. The van der Waals surface area contributed by atoms with Crippen molar-refractivity contribution in [3.63, 3.8) is 0 Å². The number of carbonyl (C=O) groups is 1. The highest BCUT2D eigenvalue weighted by molar-refractivity contribution is 5.99. The number of phenolic OH excluding ortho intramolecular Hbond substituents is 1. The molecule has 1 aromatic carbocycles. The normalized spacial score (nSPS) is 18.3. The highest BCUT2D eigenvalue weighted by Crippen LogP contribution is 2.41. The highest BCUT2D eigenvalue weighted by Gasteiger charge is 2.26. The molecule has 1 aliphatic rings. The van der Waals surface area contributed by atoms with Crippen molar-refractivity contribution in [3.8, 4) is 11.5 Å². The van der Waals surface area contributed by atoms with E-state index in [-0.39, 0.29) is 18.0 Å². The fraction of sp³-hybridized carbons (Fsp3) is 0.308. The second kappa shape index (κ2) is 4.22. The quantitative estimate of drug-likeness (QED) is 0.819. The fourth-order valence-corrected chi connectivity index (χ4v) is 2.07. The van der Waals surface area contributed by atoms with Gasteiger partial charge >= 0.3 is 0 Å². The van der Waals surface area contributed by atoms with Gasteiger partial charge in [0.2, 0.25) is 0 Å². The fourth-order valence-electron chi connectivity index (χ4n) is 2.07. The number of aromatic hydroxyl groups is 1. The predicted octanol–water partition coefficient (Wildman–Crippen LogP) is 1.81. The summed E-state index contributed by atoms with van der Waals surface area (Å²) >= 11 is 0. The van der Waals surface area contributed by atoms with Crippen molar-refractivity contribution in [2.45, 2.75) is 19.4 Å². The molecule has 4 heteroatoms. The molecule has 0 spiro atoms. The molecule has 0 heterocycles. The van der Waals surface area contributed by atoms with Crippen LogP contribution >= 0.6 is 0 Å². The van der Waals surface area contributed by atoms with Crippen molar-refractivity contribution in [1.82, 2.24) is 0 Å². The van der Waals surface area contributed by atoms with E-state index in [2.05, 4.69) is 0 Å². The van der Waals surface area contributed by atoms with Gasteiger partial charge in [0.1, 0.15) is 11.5 Å². The molecule has 0 saturated carbocycles. The summed E-state index contributed by atoms with van der Waals surface area (Å²) in [6.07, 6.45) is 1.04. The number of phenols is 1. The Labute approximate surface area is 99.2 Å². The molecule has 1 aromatic rings. The van der Waals surface area contributed by atoms with Crippen molar-refractivity contribution in [2.24, 2.45) is 0 Å². The van der Waals surface area contributed by atoms with E-state index in [4.69, 9.17) is 4.74 Å². The third-order valence-electron chi connectivity index (χ3n) is 2.96. The minimum Gasteiger partial charge on any atom is -0.507 e. The number of Topliss-reactive ketones (excluding diaryl/α,β-unsaturated/α-hetero) is 1. The van der Waals surface area contributed by atoms with E-state index in [9.17, 15) is 15.0 Å². The number of hydrogen-bond acceptors (Lipinski definition) is 4. The summed E-state index contributed by atoms with van der Waals surface area (Å²) in [4.78, 5) is 11.3. The lowest BCUT2D eigenvalue weighted by Crippen LogP contribution is -2.12. The summed E-state index contributed by atoms with van der Waals surface area (Å²) in [7, 11) is 1.50. The van der Waals surface area contributed by atoms with E-state index in [1.807, 2.05) is 0 Å². The smallest absolute Gasteiger partial charge is 0.155 e. The molecular weight excluding hydrogens is 220 g/mol. The zero-order chi connectivity index (χ0) is 12.6. The first-order valence-electron chi connectivity index (χ1n) is 5.34. The lowest BCUT2D eigenvalue weighted by Gasteiger charge is -2.23. The lowest BCUT2D eigenvalue weighted by molar-refractivity contribution is -0.113. The van der Waals surface area contributed by atoms with Crippen LogP contribution in [-0.2, 0) is 4.79 Å².